The second-order valence-corrected chi connectivity index (χ2v) is 8.28. The molecular formula is C15H23N3O4S. The molecule has 1 aromatic rings. The fraction of sp³-hybridized carbons (Fsp3) is 0.600. The molecule has 0 aromatic heterocycles. The molecule has 0 radical (unpaired) electrons. The maximum Gasteiger partial charge on any atom is 0.238 e. The molecule has 0 spiro atoms. The summed E-state index contributed by atoms with van der Waals surface area (Å²) in [5.41, 5.74) is 7.43. The van der Waals surface area contributed by atoms with Gasteiger partial charge < -0.3 is 25.4 Å². The van der Waals surface area contributed by atoms with Gasteiger partial charge in [0.05, 0.1) is 24.2 Å². The summed E-state index contributed by atoms with van der Waals surface area (Å²) in [5, 5.41) is 9.93. The van der Waals surface area contributed by atoms with Crippen molar-refractivity contribution in [2.24, 2.45) is 5.73 Å². The molecule has 2 saturated heterocycles. The number of benzene rings is 1. The molecule has 128 valence electrons. The van der Waals surface area contributed by atoms with E-state index >= 15 is 0 Å². The Morgan fingerprint density at radius 3 is 2.52 bits per heavy atom. The number of aliphatic hydroxyl groups is 1. The van der Waals surface area contributed by atoms with Gasteiger partial charge in [-0.1, -0.05) is 0 Å². The Morgan fingerprint density at radius 1 is 1.17 bits per heavy atom. The highest BCUT2D eigenvalue weighted by Gasteiger charge is 2.30. The SMILES string of the molecule is NCC1CN(c2ccc(N3CCCS(=O)(=O)CC3)cc2)C(O)O1. The normalized spacial score (nSPS) is 27.9. The minimum absolute atomic E-state index is 0.166. The van der Waals surface area contributed by atoms with Gasteiger partial charge in [-0.15, -0.1) is 0 Å². The third-order valence-electron chi connectivity index (χ3n) is 4.35. The van der Waals surface area contributed by atoms with Crippen molar-refractivity contribution >= 4 is 21.2 Å². The molecule has 0 bridgehead atoms. The van der Waals surface area contributed by atoms with E-state index < -0.39 is 16.3 Å². The third-order valence-corrected chi connectivity index (χ3v) is 6.06. The first kappa shape index (κ1) is 16.5. The fourth-order valence-electron chi connectivity index (χ4n) is 3.01. The molecule has 2 aliphatic heterocycles. The molecular weight excluding hydrogens is 318 g/mol. The summed E-state index contributed by atoms with van der Waals surface area (Å²) in [7, 11) is -2.91. The van der Waals surface area contributed by atoms with Gasteiger partial charge >= 0.3 is 0 Å². The molecule has 7 nitrogen and oxygen atoms in total. The summed E-state index contributed by atoms with van der Waals surface area (Å²) in [6, 6.07) is 7.74. The quantitative estimate of drug-likeness (QED) is 0.783. The second kappa shape index (κ2) is 6.64. The molecule has 0 amide bonds. The minimum Gasteiger partial charge on any atom is -0.370 e. The Morgan fingerprint density at radius 2 is 1.87 bits per heavy atom. The molecule has 2 atom stereocenters. The predicted molar refractivity (Wildman–Crippen MR) is 89.2 cm³/mol. The van der Waals surface area contributed by atoms with Crippen LogP contribution in [0.1, 0.15) is 6.42 Å². The zero-order valence-corrected chi connectivity index (χ0v) is 13.8. The molecule has 1 aromatic carbocycles. The van der Waals surface area contributed by atoms with E-state index in [4.69, 9.17) is 10.5 Å². The third kappa shape index (κ3) is 3.77. The molecule has 2 fully saturated rings. The summed E-state index contributed by atoms with van der Waals surface area (Å²) >= 11 is 0. The number of nitrogens with zero attached hydrogens (tertiary/aromatic N) is 2. The number of rotatable bonds is 3. The maximum absolute atomic E-state index is 11.7. The van der Waals surface area contributed by atoms with Crippen LogP contribution in [0.15, 0.2) is 24.3 Å². The number of hydrogen-bond donors (Lipinski definition) is 2. The monoisotopic (exact) mass is 341 g/mol. The molecule has 2 heterocycles. The van der Waals surface area contributed by atoms with Crippen LogP contribution in [0, 0.1) is 0 Å². The van der Waals surface area contributed by atoms with Gasteiger partial charge in [0.2, 0.25) is 6.41 Å². The van der Waals surface area contributed by atoms with Crippen molar-refractivity contribution in [3.63, 3.8) is 0 Å². The first-order chi connectivity index (χ1) is 11.0. The van der Waals surface area contributed by atoms with E-state index in [0.29, 0.717) is 26.1 Å². The van der Waals surface area contributed by atoms with Crippen LogP contribution in [0.5, 0.6) is 0 Å². The largest absolute Gasteiger partial charge is 0.370 e. The van der Waals surface area contributed by atoms with Crippen LogP contribution in [-0.2, 0) is 14.6 Å². The van der Waals surface area contributed by atoms with E-state index in [1.54, 1.807) is 4.90 Å². The Kier molecular flexibility index (Phi) is 4.77. The van der Waals surface area contributed by atoms with Crippen LogP contribution in [0.4, 0.5) is 11.4 Å². The van der Waals surface area contributed by atoms with Crippen molar-refractivity contribution in [2.75, 3.05) is 47.5 Å². The van der Waals surface area contributed by atoms with E-state index in [0.717, 1.165) is 17.9 Å². The Bertz CT molecular complexity index is 635. The van der Waals surface area contributed by atoms with Crippen molar-refractivity contribution in [2.45, 2.75) is 18.9 Å². The van der Waals surface area contributed by atoms with Crippen LogP contribution in [0.25, 0.3) is 0 Å². The number of hydrogen-bond acceptors (Lipinski definition) is 7. The predicted octanol–water partition coefficient (Wildman–Crippen LogP) is -0.249. The molecule has 0 saturated carbocycles. The highest BCUT2D eigenvalue weighted by atomic mass is 32.2. The molecule has 8 heteroatoms. The number of aliphatic hydroxyl groups excluding tert-OH is 1. The lowest BCUT2D eigenvalue weighted by atomic mass is 10.2. The van der Waals surface area contributed by atoms with E-state index in [1.165, 1.54) is 0 Å². The lowest BCUT2D eigenvalue weighted by Crippen LogP contribution is -2.30. The Labute approximate surface area is 136 Å². The van der Waals surface area contributed by atoms with Gasteiger partial charge in [0.15, 0.2) is 9.84 Å². The van der Waals surface area contributed by atoms with Crippen molar-refractivity contribution < 1.29 is 18.3 Å². The number of nitrogens with two attached hydrogens (primary N) is 1. The van der Waals surface area contributed by atoms with Gasteiger partial charge in [0.1, 0.15) is 0 Å². The van der Waals surface area contributed by atoms with E-state index in [9.17, 15) is 13.5 Å². The molecule has 23 heavy (non-hydrogen) atoms. The van der Waals surface area contributed by atoms with E-state index in [1.807, 2.05) is 24.3 Å². The first-order valence-electron chi connectivity index (χ1n) is 7.84. The highest BCUT2D eigenvalue weighted by Crippen LogP contribution is 2.26. The average Bonchev–Trinajstić information content (AvgIpc) is 2.81. The van der Waals surface area contributed by atoms with Crippen molar-refractivity contribution in [3.05, 3.63) is 24.3 Å². The van der Waals surface area contributed by atoms with Gasteiger partial charge in [0, 0.05) is 31.0 Å². The lowest BCUT2D eigenvalue weighted by Gasteiger charge is -2.24. The topological polar surface area (TPSA) is 96.1 Å². The average molecular weight is 341 g/mol. The van der Waals surface area contributed by atoms with Crippen molar-refractivity contribution in [1.82, 2.24) is 0 Å². The smallest absolute Gasteiger partial charge is 0.238 e. The van der Waals surface area contributed by atoms with Crippen LogP contribution < -0.4 is 15.5 Å². The first-order valence-corrected chi connectivity index (χ1v) is 9.66. The lowest BCUT2D eigenvalue weighted by molar-refractivity contribution is -0.0855. The van der Waals surface area contributed by atoms with E-state index in [-0.39, 0.29) is 17.6 Å². The zero-order chi connectivity index (χ0) is 16.4. The van der Waals surface area contributed by atoms with Gasteiger partial charge in [-0.2, -0.15) is 0 Å². The number of ether oxygens (including phenoxy) is 1. The van der Waals surface area contributed by atoms with Crippen LogP contribution >= 0.6 is 0 Å². The summed E-state index contributed by atoms with van der Waals surface area (Å²) in [6.07, 6.45) is -0.487. The Balaban J connectivity index is 1.70. The van der Waals surface area contributed by atoms with Crippen molar-refractivity contribution in [1.29, 1.82) is 0 Å². The second-order valence-electron chi connectivity index (χ2n) is 5.98. The Hall–Kier alpha value is -1.35. The number of anilines is 2. The molecule has 2 unspecified atom stereocenters. The van der Waals surface area contributed by atoms with Gasteiger partial charge in [-0.3, -0.25) is 0 Å². The highest BCUT2D eigenvalue weighted by molar-refractivity contribution is 7.91. The standard InChI is InChI=1S/C15H23N3O4S/c16-10-14-11-18(15(19)22-14)13-4-2-12(3-5-13)17-6-1-8-23(20,21)9-7-17/h2-5,14-15,19H,1,6-11,16H2. The zero-order valence-electron chi connectivity index (χ0n) is 13.0. The van der Waals surface area contributed by atoms with Crippen LogP contribution in [0.3, 0.4) is 0 Å². The van der Waals surface area contributed by atoms with Crippen molar-refractivity contribution in [3.8, 4) is 0 Å². The number of sulfone groups is 1. The molecule has 3 N–H and O–H groups in total. The summed E-state index contributed by atoms with van der Waals surface area (Å²) < 4.78 is 28.7. The van der Waals surface area contributed by atoms with Crippen LogP contribution in [0.2, 0.25) is 0 Å². The van der Waals surface area contributed by atoms with E-state index in [2.05, 4.69) is 4.90 Å². The van der Waals surface area contributed by atoms with Gasteiger partial charge in [-0.05, 0) is 30.7 Å². The van der Waals surface area contributed by atoms with Crippen LogP contribution in [-0.4, -0.2) is 63.7 Å². The molecule has 0 aliphatic carbocycles. The summed E-state index contributed by atoms with van der Waals surface area (Å²) in [6.45, 7) is 2.18. The summed E-state index contributed by atoms with van der Waals surface area (Å²) in [4.78, 5) is 3.85. The maximum atomic E-state index is 11.7. The fourth-order valence-corrected chi connectivity index (χ4v) is 4.28. The molecule has 2 aliphatic rings. The molecule has 3 rings (SSSR count). The summed E-state index contributed by atoms with van der Waals surface area (Å²) in [5.74, 6) is 0.463. The minimum atomic E-state index is -2.91. The van der Waals surface area contributed by atoms with Gasteiger partial charge in [-0.25, -0.2) is 8.42 Å². The van der Waals surface area contributed by atoms with Gasteiger partial charge in [0.25, 0.3) is 0 Å².